The highest BCUT2D eigenvalue weighted by Crippen LogP contribution is 2.34. The molecule has 2 aromatic carbocycles. The molecule has 0 radical (unpaired) electrons. The number of hydrogen-bond acceptors (Lipinski definition) is 6. The zero-order chi connectivity index (χ0) is 23.7. The number of aryl methyl sites for hydroxylation is 1. The van der Waals surface area contributed by atoms with Crippen LogP contribution in [0.25, 0.3) is 27.8 Å². The Hall–Kier alpha value is -4.18. The third kappa shape index (κ3) is 3.88. The van der Waals surface area contributed by atoms with Gasteiger partial charge in [-0.15, -0.1) is 0 Å². The second-order valence-corrected chi connectivity index (χ2v) is 8.41. The van der Waals surface area contributed by atoms with E-state index < -0.39 is 5.97 Å². The van der Waals surface area contributed by atoms with Gasteiger partial charge in [-0.05, 0) is 61.7 Å². The summed E-state index contributed by atoms with van der Waals surface area (Å²) in [7, 11) is 0. The van der Waals surface area contributed by atoms with Crippen LogP contribution in [0, 0.1) is 24.2 Å². The number of benzene rings is 2. The van der Waals surface area contributed by atoms with Gasteiger partial charge < -0.3 is 9.64 Å². The first-order valence-corrected chi connectivity index (χ1v) is 11.5. The fourth-order valence-electron chi connectivity index (χ4n) is 4.53. The molecule has 1 saturated heterocycles. The van der Waals surface area contributed by atoms with Crippen LogP contribution in [0.4, 0.5) is 5.69 Å². The number of nitriles is 1. The number of aromatic nitrogens is 3. The number of pyridine rings is 1. The summed E-state index contributed by atoms with van der Waals surface area (Å²) in [5, 5.41) is 14.9. The number of carbonyl (C=O) groups excluding carboxylic acids is 1. The molecule has 0 aliphatic carbocycles. The summed E-state index contributed by atoms with van der Waals surface area (Å²) in [6.07, 6.45) is 0.893. The maximum absolute atomic E-state index is 12.7. The molecule has 0 amide bonds. The highest BCUT2D eigenvalue weighted by Gasteiger charge is 2.23. The van der Waals surface area contributed by atoms with Crippen molar-refractivity contribution in [3.8, 4) is 22.9 Å². The molecule has 0 spiro atoms. The first-order chi connectivity index (χ1) is 16.6. The fraction of sp³-hybridized carbons (Fsp3) is 0.259. The third-order valence-electron chi connectivity index (χ3n) is 6.21. The predicted octanol–water partition coefficient (Wildman–Crippen LogP) is 4.92. The Kier molecular flexibility index (Phi) is 5.72. The van der Waals surface area contributed by atoms with Gasteiger partial charge in [0.25, 0.3) is 0 Å². The summed E-state index contributed by atoms with van der Waals surface area (Å²) < 4.78 is 7.04. The summed E-state index contributed by atoms with van der Waals surface area (Å²) in [4.78, 5) is 19.6. The van der Waals surface area contributed by atoms with E-state index in [9.17, 15) is 10.1 Å². The van der Waals surface area contributed by atoms with E-state index in [1.165, 1.54) is 0 Å². The number of anilines is 1. The lowest BCUT2D eigenvalue weighted by Gasteiger charge is -2.18. The van der Waals surface area contributed by atoms with Crippen LogP contribution in [0.5, 0.6) is 0 Å². The molecule has 2 aromatic heterocycles. The smallest absolute Gasteiger partial charge is 0.357 e. The van der Waals surface area contributed by atoms with Crippen molar-refractivity contribution in [2.45, 2.75) is 20.3 Å². The SMILES string of the molecule is CCOC(=O)c1cc(-c2ccc(N3CC[C@H](C#N)C3)cc2)c2c(C)nn(-c3ccccc3)c2n1. The minimum absolute atomic E-state index is 0.0816. The van der Waals surface area contributed by atoms with Crippen LogP contribution in [-0.2, 0) is 4.74 Å². The van der Waals surface area contributed by atoms with E-state index >= 15 is 0 Å². The third-order valence-corrected chi connectivity index (χ3v) is 6.21. The quantitative estimate of drug-likeness (QED) is 0.400. The van der Waals surface area contributed by atoms with Crippen LogP contribution in [0.15, 0.2) is 60.7 Å². The van der Waals surface area contributed by atoms with Gasteiger partial charge in [0.2, 0.25) is 0 Å². The highest BCUT2D eigenvalue weighted by molar-refractivity contribution is 6.00. The minimum atomic E-state index is -0.458. The summed E-state index contributed by atoms with van der Waals surface area (Å²) >= 11 is 0. The molecule has 0 N–H and O–H groups in total. The molecule has 0 unspecified atom stereocenters. The van der Waals surface area contributed by atoms with E-state index in [1.54, 1.807) is 17.7 Å². The van der Waals surface area contributed by atoms with Crippen LogP contribution in [-0.4, -0.2) is 40.4 Å². The van der Waals surface area contributed by atoms with Gasteiger partial charge in [0.05, 0.1) is 35.4 Å². The molecule has 170 valence electrons. The number of nitrogens with zero attached hydrogens (tertiary/aromatic N) is 5. The molecule has 3 heterocycles. The average molecular weight is 452 g/mol. The first-order valence-electron chi connectivity index (χ1n) is 11.5. The molecule has 5 rings (SSSR count). The van der Waals surface area contributed by atoms with Gasteiger partial charge in [-0.3, -0.25) is 0 Å². The van der Waals surface area contributed by atoms with E-state index in [1.807, 2.05) is 37.3 Å². The first kappa shape index (κ1) is 21.7. The topological polar surface area (TPSA) is 84.0 Å². The summed E-state index contributed by atoms with van der Waals surface area (Å²) in [5.41, 5.74) is 5.51. The van der Waals surface area contributed by atoms with Crippen LogP contribution in [0.3, 0.4) is 0 Å². The molecule has 4 aromatic rings. The second-order valence-electron chi connectivity index (χ2n) is 8.41. The molecule has 7 nitrogen and oxygen atoms in total. The van der Waals surface area contributed by atoms with Gasteiger partial charge in [0.1, 0.15) is 0 Å². The highest BCUT2D eigenvalue weighted by atomic mass is 16.5. The van der Waals surface area contributed by atoms with Crippen molar-refractivity contribution >= 4 is 22.7 Å². The number of rotatable bonds is 5. The number of ether oxygens (including phenoxy) is 1. The Balaban J connectivity index is 1.63. The lowest BCUT2D eigenvalue weighted by atomic mass is 10.0. The van der Waals surface area contributed by atoms with Gasteiger partial charge >= 0.3 is 5.97 Å². The van der Waals surface area contributed by atoms with Crippen molar-refractivity contribution in [3.05, 3.63) is 72.1 Å². The monoisotopic (exact) mass is 451 g/mol. The largest absolute Gasteiger partial charge is 0.461 e. The van der Waals surface area contributed by atoms with Crippen LogP contribution >= 0.6 is 0 Å². The van der Waals surface area contributed by atoms with Crippen molar-refractivity contribution in [1.82, 2.24) is 14.8 Å². The minimum Gasteiger partial charge on any atom is -0.461 e. The Morgan fingerprint density at radius 3 is 2.59 bits per heavy atom. The van der Waals surface area contributed by atoms with Gasteiger partial charge in [0, 0.05) is 18.8 Å². The van der Waals surface area contributed by atoms with E-state index in [2.05, 4.69) is 40.2 Å². The van der Waals surface area contributed by atoms with E-state index in [-0.39, 0.29) is 18.2 Å². The number of carbonyl (C=O) groups is 1. The van der Waals surface area contributed by atoms with Crippen molar-refractivity contribution in [3.63, 3.8) is 0 Å². The maximum atomic E-state index is 12.7. The molecule has 1 fully saturated rings. The lowest BCUT2D eigenvalue weighted by molar-refractivity contribution is 0.0520. The molecule has 1 atom stereocenters. The maximum Gasteiger partial charge on any atom is 0.357 e. The zero-order valence-electron chi connectivity index (χ0n) is 19.2. The Bertz CT molecular complexity index is 1390. The van der Waals surface area contributed by atoms with Gasteiger partial charge in [-0.2, -0.15) is 10.4 Å². The molecular weight excluding hydrogens is 426 g/mol. The Morgan fingerprint density at radius 1 is 1.15 bits per heavy atom. The average Bonchev–Trinajstić information content (AvgIpc) is 3.49. The fourth-order valence-corrected chi connectivity index (χ4v) is 4.53. The zero-order valence-corrected chi connectivity index (χ0v) is 19.2. The summed E-state index contributed by atoms with van der Waals surface area (Å²) in [6.45, 7) is 5.65. The van der Waals surface area contributed by atoms with E-state index in [4.69, 9.17) is 9.84 Å². The second kappa shape index (κ2) is 8.99. The molecule has 34 heavy (non-hydrogen) atoms. The molecule has 1 aliphatic rings. The predicted molar refractivity (Wildman–Crippen MR) is 131 cm³/mol. The van der Waals surface area contributed by atoms with Gasteiger partial charge in [-0.1, -0.05) is 30.3 Å². The molecule has 1 aliphatic heterocycles. The summed E-state index contributed by atoms with van der Waals surface area (Å²) in [5.74, 6) is -0.376. The molecule has 0 saturated carbocycles. The van der Waals surface area contributed by atoms with E-state index in [0.29, 0.717) is 5.65 Å². The molecular formula is C27H25N5O2. The number of esters is 1. The van der Waals surface area contributed by atoms with Crippen molar-refractivity contribution < 1.29 is 9.53 Å². The Labute approximate surface area is 198 Å². The number of hydrogen-bond donors (Lipinski definition) is 0. The lowest BCUT2D eigenvalue weighted by Crippen LogP contribution is -2.18. The van der Waals surface area contributed by atoms with Crippen LogP contribution in [0.2, 0.25) is 0 Å². The van der Waals surface area contributed by atoms with Crippen LogP contribution in [0.1, 0.15) is 29.5 Å². The van der Waals surface area contributed by atoms with E-state index in [0.717, 1.165) is 53.1 Å². The van der Waals surface area contributed by atoms with Crippen molar-refractivity contribution in [2.75, 3.05) is 24.6 Å². The Morgan fingerprint density at radius 2 is 1.91 bits per heavy atom. The molecule has 7 heteroatoms. The normalized spacial score (nSPS) is 15.4. The number of para-hydroxylation sites is 1. The summed E-state index contributed by atoms with van der Waals surface area (Å²) in [6, 6.07) is 22.2. The van der Waals surface area contributed by atoms with Crippen LogP contribution < -0.4 is 4.90 Å². The van der Waals surface area contributed by atoms with Gasteiger partial charge in [0.15, 0.2) is 11.3 Å². The van der Waals surface area contributed by atoms with Crippen molar-refractivity contribution in [1.29, 1.82) is 5.26 Å². The number of fused-ring (bicyclic) bond motifs is 1. The standard InChI is InChI=1S/C27H25N5O2/c1-3-34-27(33)24-15-23(20-9-11-21(12-10-20)31-14-13-19(16-28)17-31)25-18(2)30-32(26(25)29-24)22-7-5-4-6-8-22/h4-12,15,19H,3,13-14,17H2,1-2H3/t19-/m1/s1. The van der Waals surface area contributed by atoms with Crippen molar-refractivity contribution in [2.24, 2.45) is 5.92 Å². The van der Waals surface area contributed by atoms with Gasteiger partial charge in [-0.25, -0.2) is 14.5 Å². The molecule has 0 bridgehead atoms.